The minimum absolute atomic E-state index is 0.869. The molecule has 0 saturated carbocycles. The maximum atomic E-state index is 4.39. The molecule has 0 N–H and O–H groups in total. The van der Waals surface area contributed by atoms with E-state index in [9.17, 15) is 0 Å². The SMILES string of the molecule is C=CN(CC)CC.CO[SiH3]. The lowest BCUT2D eigenvalue weighted by Crippen LogP contribution is -2.14. The van der Waals surface area contributed by atoms with Crippen molar-refractivity contribution in [3.63, 3.8) is 0 Å². The zero-order valence-electron chi connectivity index (χ0n) is 7.55. The van der Waals surface area contributed by atoms with Gasteiger partial charge in [-0.1, -0.05) is 6.58 Å². The van der Waals surface area contributed by atoms with Gasteiger partial charge in [0.1, 0.15) is 10.5 Å². The van der Waals surface area contributed by atoms with Crippen LogP contribution in [0, 0.1) is 0 Å². The van der Waals surface area contributed by atoms with E-state index in [4.69, 9.17) is 0 Å². The molecular formula is C7H19NOSi. The van der Waals surface area contributed by atoms with E-state index in [1.165, 1.54) is 0 Å². The van der Waals surface area contributed by atoms with Crippen LogP contribution in [0.3, 0.4) is 0 Å². The van der Waals surface area contributed by atoms with E-state index in [1.54, 1.807) is 7.11 Å². The molecule has 0 rings (SSSR count). The monoisotopic (exact) mass is 161 g/mol. The predicted molar refractivity (Wildman–Crippen MR) is 50.1 cm³/mol. The summed E-state index contributed by atoms with van der Waals surface area (Å²) in [5.74, 6) is 0. The largest absolute Gasteiger partial charge is 0.431 e. The van der Waals surface area contributed by atoms with Crippen LogP contribution in [-0.4, -0.2) is 35.6 Å². The van der Waals surface area contributed by atoms with Gasteiger partial charge in [-0.3, -0.25) is 0 Å². The number of hydrogen-bond acceptors (Lipinski definition) is 2. The quantitative estimate of drug-likeness (QED) is 0.555. The van der Waals surface area contributed by atoms with Crippen molar-refractivity contribution in [2.45, 2.75) is 13.8 Å². The van der Waals surface area contributed by atoms with Gasteiger partial charge in [-0.25, -0.2) is 0 Å². The van der Waals surface area contributed by atoms with Crippen LogP contribution in [-0.2, 0) is 4.43 Å². The van der Waals surface area contributed by atoms with Crippen LogP contribution in [0.2, 0.25) is 0 Å². The summed E-state index contributed by atoms with van der Waals surface area (Å²) in [7, 11) is 2.56. The molecule has 0 amide bonds. The van der Waals surface area contributed by atoms with Gasteiger partial charge in [0.05, 0.1) is 0 Å². The highest BCUT2D eigenvalue weighted by molar-refractivity contribution is 5.97. The number of hydrogen-bond donors (Lipinski definition) is 0. The molecule has 0 aliphatic heterocycles. The molecule has 0 unspecified atom stereocenters. The molecule has 0 heterocycles. The summed E-state index contributed by atoms with van der Waals surface area (Å²) in [6.07, 6.45) is 1.86. The topological polar surface area (TPSA) is 12.5 Å². The van der Waals surface area contributed by atoms with Crippen molar-refractivity contribution in [1.82, 2.24) is 4.90 Å². The van der Waals surface area contributed by atoms with Gasteiger partial charge in [0.25, 0.3) is 0 Å². The third-order valence-corrected chi connectivity index (χ3v) is 1.07. The number of rotatable bonds is 3. The summed E-state index contributed by atoms with van der Waals surface area (Å²) in [4.78, 5) is 2.14. The molecule has 0 fully saturated rings. The molecule has 3 heteroatoms. The van der Waals surface area contributed by atoms with Crippen molar-refractivity contribution in [3.8, 4) is 0 Å². The second kappa shape index (κ2) is 11.5. The smallest absolute Gasteiger partial charge is 0.145 e. The first-order valence-electron chi connectivity index (χ1n) is 3.53. The summed E-state index contributed by atoms with van der Waals surface area (Å²) in [6.45, 7) is 10.0. The van der Waals surface area contributed by atoms with Crippen LogP contribution < -0.4 is 0 Å². The molecule has 0 bridgehead atoms. The van der Waals surface area contributed by atoms with Crippen LogP contribution in [0.25, 0.3) is 0 Å². The van der Waals surface area contributed by atoms with Gasteiger partial charge in [-0.2, -0.15) is 0 Å². The Hall–Kier alpha value is -0.283. The normalized spacial score (nSPS) is 7.90. The first-order valence-corrected chi connectivity index (χ1v) is 4.35. The van der Waals surface area contributed by atoms with Gasteiger partial charge in [0.15, 0.2) is 0 Å². The van der Waals surface area contributed by atoms with Crippen molar-refractivity contribution >= 4 is 10.5 Å². The van der Waals surface area contributed by atoms with Gasteiger partial charge in [-0.05, 0) is 20.0 Å². The highest BCUT2D eigenvalue weighted by atomic mass is 28.2. The van der Waals surface area contributed by atoms with E-state index < -0.39 is 0 Å². The lowest BCUT2D eigenvalue weighted by Gasteiger charge is -2.12. The van der Waals surface area contributed by atoms with Crippen molar-refractivity contribution in [2.75, 3.05) is 20.2 Å². The average molecular weight is 161 g/mol. The summed E-state index contributed by atoms with van der Waals surface area (Å²) in [5.41, 5.74) is 0. The number of nitrogens with zero attached hydrogens (tertiary/aromatic N) is 1. The molecule has 2 nitrogen and oxygen atoms in total. The van der Waals surface area contributed by atoms with E-state index >= 15 is 0 Å². The van der Waals surface area contributed by atoms with Crippen LogP contribution in [0.4, 0.5) is 0 Å². The van der Waals surface area contributed by atoms with Crippen LogP contribution in [0.5, 0.6) is 0 Å². The molecule has 0 radical (unpaired) electrons. The molecule has 0 aromatic carbocycles. The fourth-order valence-corrected chi connectivity index (χ4v) is 0.482. The zero-order valence-corrected chi connectivity index (χ0v) is 9.55. The fraction of sp³-hybridized carbons (Fsp3) is 0.714. The lowest BCUT2D eigenvalue weighted by molar-refractivity contribution is 0.420. The van der Waals surface area contributed by atoms with E-state index in [0.717, 1.165) is 23.6 Å². The van der Waals surface area contributed by atoms with Gasteiger partial charge >= 0.3 is 0 Å². The summed E-state index contributed by atoms with van der Waals surface area (Å²) in [6, 6.07) is 0. The lowest BCUT2D eigenvalue weighted by atomic mass is 10.5. The van der Waals surface area contributed by atoms with Crippen LogP contribution in [0.15, 0.2) is 12.8 Å². The standard InChI is InChI=1S/C6H13N.CH6OSi/c1-4-7(5-2)6-3;1-2-3/h4H,1,5-6H2,2-3H3;1,3H3. The average Bonchev–Trinajstić information content (AvgIpc) is 1.93. The Bertz CT molecular complexity index is 64.6. The van der Waals surface area contributed by atoms with Gasteiger partial charge in [0, 0.05) is 20.2 Å². The minimum atomic E-state index is 0.869. The second-order valence-electron chi connectivity index (χ2n) is 1.81. The summed E-state index contributed by atoms with van der Waals surface area (Å²) in [5, 5.41) is 0. The van der Waals surface area contributed by atoms with Gasteiger partial charge in [0.2, 0.25) is 0 Å². The molecule has 0 saturated heterocycles. The Morgan fingerprint density at radius 2 is 1.80 bits per heavy atom. The zero-order chi connectivity index (χ0) is 8.41. The Balaban J connectivity index is 0. The maximum absolute atomic E-state index is 4.39. The molecule has 0 aliphatic rings. The van der Waals surface area contributed by atoms with E-state index in [2.05, 4.69) is 29.8 Å². The second-order valence-corrected chi connectivity index (χ2v) is 2.63. The molecular weight excluding hydrogens is 142 g/mol. The third-order valence-electron chi connectivity index (χ3n) is 1.07. The maximum Gasteiger partial charge on any atom is 0.145 e. The first kappa shape index (κ1) is 12.4. The molecule has 62 valence electrons. The third kappa shape index (κ3) is 10.7. The molecule has 0 aromatic rings. The van der Waals surface area contributed by atoms with Gasteiger partial charge < -0.3 is 9.33 Å². The summed E-state index contributed by atoms with van der Waals surface area (Å²) >= 11 is 0. The van der Waals surface area contributed by atoms with Crippen molar-refractivity contribution in [1.29, 1.82) is 0 Å². The highest BCUT2D eigenvalue weighted by Gasteiger charge is 1.83. The van der Waals surface area contributed by atoms with Gasteiger partial charge in [-0.15, -0.1) is 0 Å². The van der Waals surface area contributed by atoms with E-state index in [0.29, 0.717) is 0 Å². The highest BCUT2D eigenvalue weighted by Crippen LogP contribution is 1.82. The summed E-state index contributed by atoms with van der Waals surface area (Å²) < 4.78 is 4.39. The Morgan fingerprint density at radius 3 is 1.80 bits per heavy atom. The molecule has 10 heavy (non-hydrogen) atoms. The van der Waals surface area contributed by atoms with Crippen LogP contribution >= 0.6 is 0 Å². The van der Waals surface area contributed by atoms with E-state index in [-0.39, 0.29) is 0 Å². The van der Waals surface area contributed by atoms with Crippen molar-refractivity contribution < 1.29 is 4.43 Å². The molecule has 0 aromatic heterocycles. The predicted octanol–water partition coefficient (Wildman–Crippen LogP) is 0.385. The van der Waals surface area contributed by atoms with Crippen molar-refractivity contribution in [2.24, 2.45) is 0 Å². The Kier molecular flexibility index (Phi) is 14.3. The first-order chi connectivity index (χ1) is 4.76. The van der Waals surface area contributed by atoms with Crippen LogP contribution in [0.1, 0.15) is 13.8 Å². The molecule has 0 spiro atoms. The molecule has 0 atom stereocenters. The minimum Gasteiger partial charge on any atom is -0.431 e. The van der Waals surface area contributed by atoms with Crippen molar-refractivity contribution in [3.05, 3.63) is 12.8 Å². The Morgan fingerprint density at radius 1 is 1.50 bits per heavy atom. The fourth-order valence-electron chi connectivity index (χ4n) is 0.482. The van der Waals surface area contributed by atoms with E-state index in [1.807, 2.05) is 6.20 Å². The Labute approximate surface area is 67.4 Å². The molecule has 0 aliphatic carbocycles.